The molecular formula is C20H30N4O5S. The molecule has 0 spiro atoms. The average Bonchev–Trinajstić information content (AvgIpc) is 3.22. The summed E-state index contributed by atoms with van der Waals surface area (Å²) in [7, 11) is -1.63. The molecule has 1 aliphatic carbocycles. The second kappa shape index (κ2) is 8.39. The normalized spacial score (nSPS) is 27.8. The molecule has 1 N–H and O–H groups in total. The van der Waals surface area contributed by atoms with Crippen molar-refractivity contribution in [3.05, 3.63) is 27.4 Å². The Labute approximate surface area is 176 Å². The number of sulfonamides is 1. The van der Waals surface area contributed by atoms with Gasteiger partial charge in [-0.3, -0.25) is 9.59 Å². The SMILES string of the molecule is COC1CCCC(C(=O)N2CCC(c3nc4c(c(=O)[nH]3)CCN(S(C)(=O)=O)C4)C2)C1. The van der Waals surface area contributed by atoms with Gasteiger partial charge >= 0.3 is 0 Å². The predicted molar refractivity (Wildman–Crippen MR) is 111 cm³/mol. The number of methoxy groups -OCH3 is 1. The van der Waals surface area contributed by atoms with Crippen LogP contribution in [0.5, 0.6) is 0 Å². The number of fused-ring (bicyclic) bond motifs is 1. The summed E-state index contributed by atoms with van der Waals surface area (Å²) in [5, 5.41) is 0. The van der Waals surface area contributed by atoms with E-state index in [9.17, 15) is 18.0 Å². The Morgan fingerprint density at radius 2 is 2.03 bits per heavy atom. The van der Waals surface area contributed by atoms with E-state index >= 15 is 0 Å². The molecule has 1 saturated carbocycles. The van der Waals surface area contributed by atoms with E-state index in [1.165, 1.54) is 10.6 Å². The highest BCUT2D eigenvalue weighted by Crippen LogP contribution is 2.31. The fourth-order valence-corrected chi connectivity index (χ4v) is 5.72. The summed E-state index contributed by atoms with van der Waals surface area (Å²) in [5.41, 5.74) is 0.908. The van der Waals surface area contributed by atoms with Gasteiger partial charge in [0.05, 0.1) is 24.6 Å². The van der Waals surface area contributed by atoms with E-state index in [1.807, 2.05) is 4.90 Å². The maximum atomic E-state index is 13.0. The minimum atomic E-state index is -3.33. The Morgan fingerprint density at radius 1 is 1.23 bits per heavy atom. The predicted octanol–water partition coefficient (Wildman–Crippen LogP) is 0.609. The molecule has 3 atom stereocenters. The van der Waals surface area contributed by atoms with Crippen molar-refractivity contribution in [2.75, 3.05) is 33.0 Å². The third-order valence-electron chi connectivity index (χ3n) is 6.72. The molecule has 0 bridgehead atoms. The van der Waals surface area contributed by atoms with Crippen LogP contribution < -0.4 is 5.56 Å². The number of nitrogens with one attached hydrogen (secondary N) is 1. The van der Waals surface area contributed by atoms with Crippen LogP contribution in [0.15, 0.2) is 4.79 Å². The van der Waals surface area contributed by atoms with Gasteiger partial charge in [-0.15, -0.1) is 0 Å². The van der Waals surface area contributed by atoms with Crippen LogP contribution in [0.25, 0.3) is 0 Å². The summed E-state index contributed by atoms with van der Waals surface area (Å²) < 4.78 is 30.6. The van der Waals surface area contributed by atoms with Gasteiger partial charge in [0.15, 0.2) is 0 Å². The van der Waals surface area contributed by atoms with Crippen LogP contribution in [0, 0.1) is 5.92 Å². The first-order chi connectivity index (χ1) is 14.3. The maximum Gasteiger partial charge on any atom is 0.254 e. The van der Waals surface area contributed by atoms with E-state index in [2.05, 4.69) is 9.97 Å². The van der Waals surface area contributed by atoms with Crippen LogP contribution in [0.3, 0.4) is 0 Å². The number of nitrogens with zero attached hydrogens (tertiary/aromatic N) is 3. The van der Waals surface area contributed by atoms with Crippen molar-refractivity contribution in [3.8, 4) is 0 Å². The highest BCUT2D eigenvalue weighted by Gasteiger charge is 2.36. The zero-order valence-electron chi connectivity index (χ0n) is 17.6. The molecule has 2 fully saturated rings. The summed E-state index contributed by atoms with van der Waals surface area (Å²) in [6, 6.07) is 0. The molecular weight excluding hydrogens is 408 g/mol. The Bertz CT molecular complexity index is 976. The summed E-state index contributed by atoms with van der Waals surface area (Å²) in [6.45, 7) is 1.60. The van der Waals surface area contributed by atoms with Gasteiger partial charge in [0.1, 0.15) is 5.82 Å². The van der Waals surface area contributed by atoms with E-state index < -0.39 is 10.0 Å². The summed E-state index contributed by atoms with van der Waals surface area (Å²) >= 11 is 0. The molecule has 30 heavy (non-hydrogen) atoms. The van der Waals surface area contributed by atoms with Gasteiger partial charge in [-0.2, -0.15) is 4.31 Å². The van der Waals surface area contributed by atoms with Gasteiger partial charge in [0.25, 0.3) is 5.56 Å². The molecule has 9 nitrogen and oxygen atoms in total. The third kappa shape index (κ3) is 4.31. The topological polar surface area (TPSA) is 113 Å². The summed E-state index contributed by atoms with van der Waals surface area (Å²) in [6.07, 6.45) is 6.11. The molecule has 1 aromatic heterocycles. The van der Waals surface area contributed by atoms with Crippen LogP contribution in [0.1, 0.15) is 55.1 Å². The summed E-state index contributed by atoms with van der Waals surface area (Å²) in [4.78, 5) is 35.0. The van der Waals surface area contributed by atoms with E-state index in [1.54, 1.807) is 7.11 Å². The molecule has 0 radical (unpaired) electrons. The molecule has 0 aromatic carbocycles. The third-order valence-corrected chi connectivity index (χ3v) is 7.97. The lowest BCUT2D eigenvalue weighted by Crippen LogP contribution is -2.39. The molecule has 1 saturated heterocycles. The number of rotatable bonds is 4. The fraction of sp³-hybridized carbons (Fsp3) is 0.750. The molecule has 3 unspecified atom stereocenters. The zero-order valence-corrected chi connectivity index (χ0v) is 18.4. The zero-order chi connectivity index (χ0) is 21.5. The van der Waals surface area contributed by atoms with Crippen molar-refractivity contribution in [1.29, 1.82) is 0 Å². The molecule has 3 aliphatic rings. The van der Waals surface area contributed by atoms with Gasteiger partial charge < -0.3 is 14.6 Å². The Hall–Kier alpha value is -1.78. The molecule has 1 amide bonds. The van der Waals surface area contributed by atoms with Gasteiger partial charge in [0, 0.05) is 44.1 Å². The average molecular weight is 439 g/mol. The van der Waals surface area contributed by atoms with Crippen LogP contribution in [-0.2, 0) is 32.5 Å². The fourth-order valence-electron chi connectivity index (χ4n) is 4.94. The molecule has 4 rings (SSSR count). The van der Waals surface area contributed by atoms with Crippen molar-refractivity contribution in [2.24, 2.45) is 5.92 Å². The minimum absolute atomic E-state index is 0.00121. The summed E-state index contributed by atoms with van der Waals surface area (Å²) in [5.74, 6) is 0.689. The van der Waals surface area contributed by atoms with Crippen molar-refractivity contribution < 1.29 is 17.9 Å². The molecule has 3 heterocycles. The lowest BCUT2D eigenvalue weighted by molar-refractivity contribution is -0.137. The molecule has 166 valence electrons. The van der Waals surface area contributed by atoms with Crippen molar-refractivity contribution >= 4 is 15.9 Å². The van der Waals surface area contributed by atoms with Crippen LogP contribution in [0.4, 0.5) is 0 Å². The van der Waals surface area contributed by atoms with Crippen LogP contribution in [0.2, 0.25) is 0 Å². The number of amides is 1. The van der Waals surface area contributed by atoms with Crippen molar-refractivity contribution in [1.82, 2.24) is 19.2 Å². The van der Waals surface area contributed by atoms with Crippen LogP contribution >= 0.6 is 0 Å². The van der Waals surface area contributed by atoms with Gasteiger partial charge in [-0.1, -0.05) is 6.42 Å². The van der Waals surface area contributed by atoms with Crippen molar-refractivity contribution in [3.63, 3.8) is 0 Å². The number of likely N-dealkylation sites (tertiary alicyclic amines) is 1. The number of aromatic amines is 1. The number of carbonyl (C=O) groups excluding carboxylic acids is 1. The second-order valence-corrected chi connectivity index (χ2v) is 10.7. The Morgan fingerprint density at radius 3 is 2.77 bits per heavy atom. The minimum Gasteiger partial charge on any atom is -0.381 e. The number of aromatic nitrogens is 2. The van der Waals surface area contributed by atoms with E-state index in [0.29, 0.717) is 43.1 Å². The Balaban J connectivity index is 1.47. The van der Waals surface area contributed by atoms with E-state index in [-0.39, 0.29) is 36.0 Å². The smallest absolute Gasteiger partial charge is 0.254 e. The first kappa shape index (κ1) is 21.5. The monoisotopic (exact) mass is 438 g/mol. The van der Waals surface area contributed by atoms with Gasteiger partial charge in [-0.05, 0) is 32.1 Å². The largest absolute Gasteiger partial charge is 0.381 e. The first-order valence-corrected chi connectivity index (χ1v) is 12.5. The number of hydrogen-bond donors (Lipinski definition) is 1. The number of hydrogen-bond acceptors (Lipinski definition) is 6. The second-order valence-electron chi connectivity index (χ2n) is 8.71. The lowest BCUT2D eigenvalue weighted by Gasteiger charge is -2.30. The quantitative estimate of drug-likeness (QED) is 0.737. The first-order valence-electron chi connectivity index (χ1n) is 10.6. The van der Waals surface area contributed by atoms with Crippen LogP contribution in [-0.4, -0.2) is 72.6 Å². The standard InChI is InChI=1S/C20H30N4O5S/c1-29-15-5-3-4-13(10-15)20(26)23-8-6-14(11-23)18-21-17-12-24(30(2,27)28)9-7-16(17)19(25)22-18/h13-15H,3-12H2,1-2H3,(H,21,22,25). The van der Waals surface area contributed by atoms with Crippen molar-refractivity contribution in [2.45, 2.75) is 57.1 Å². The van der Waals surface area contributed by atoms with E-state index in [4.69, 9.17) is 4.74 Å². The number of carbonyl (C=O) groups is 1. The molecule has 2 aliphatic heterocycles. The number of H-pyrrole nitrogens is 1. The Kier molecular flexibility index (Phi) is 6.00. The maximum absolute atomic E-state index is 13.0. The highest BCUT2D eigenvalue weighted by molar-refractivity contribution is 7.88. The molecule has 1 aromatic rings. The van der Waals surface area contributed by atoms with E-state index in [0.717, 1.165) is 32.1 Å². The molecule has 10 heteroatoms. The lowest BCUT2D eigenvalue weighted by atomic mass is 9.86. The highest BCUT2D eigenvalue weighted by atomic mass is 32.2. The van der Waals surface area contributed by atoms with Gasteiger partial charge in [0.2, 0.25) is 15.9 Å². The van der Waals surface area contributed by atoms with Gasteiger partial charge in [-0.25, -0.2) is 13.4 Å². The number of ether oxygens (including phenoxy) is 1.